The number of thioether (sulfide) groups is 1. The summed E-state index contributed by atoms with van der Waals surface area (Å²) in [6.45, 7) is 3.10. The number of nitrogens with zero attached hydrogens (tertiary/aromatic N) is 2. The highest BCUT2D eigenvalue weighted by molar-refractivity contribution is 8.18. The monoisotopic (exact) mass is 366 g/mol. The molecule has 1 fully saturated rings. The van der Waals surface area contributed by atoms with Gasteiger partial charge in [0.1, 0.15) is 6.04 Å². The standard InChI is InChI=1S/C15H14N2O7S/c1-3-24-14(20)8(2)16-13(19)12(25-15(16)21)7-9-4-5-11(18)10(6-9)17(22)23/h4-8,18H,3H2,1-2H3/b12-7+/t8-/m0/s1. The summed E-state index contributed by atoms with van der Waals surface area (Å²) in [6.07, 6.45) is 1.29. The molecule has 0 bridgehead atoms. The van der Waals surface area contributed by atoms with E-state index >= 15 is 0 Å². The molecule has 2 amide bonds. The van der Waals surface area contributed by atoms with Crippen LogP contribution in [0.1, 0.15) is 19.4 Å². The van der Waals surface area contributed by atoms with Crippen molar-refractivity contribution in [3.05, 3.63) is 38.8 Å². The highest BCUT2D eigenvalue weighted by Gasteiger charge is 2.41. The molecule has 132 valence electrons. The van der Waals surface area contributed by atoms with Gasteiger partial charge >= 0.3 is 11.7 Å². The molecule has 9 nitrogen and oxygen atoms in total. The number of amides is 2. The fraction of sp³-hybridized carbons (Fsp3) is 0.267. The number of esters is 1. The minimum Gasteiger partial charge on any atom is -0.502 e. The third-order valence-corrected chi connectivity index (χ3v) is 4.22. The molecule has 0 aliphatic carbocycles. The van der Waals surface area contributed by atoms with Gasteiger partial charge in [0.2, 0.25) is 0 Å². The number of phenols is 1. The van der Waals surface area contributed by atoms with E-state index in [0.717, 1.165) is 17.0 Å². The van der Waals surface area contributed by atoms with Crippen molar-refractivity contribution in [2.24, 2.45) is 0 Å². The lowest BCUT2D eigenvalue weighted by atomic mass is 10.1. The van der Waals surface area contributed by atoms with Gasteiger partial charge in [-0.2, -0.15) is 0 Å². The number of hydrogen-bond acceptors (Lipinski definition) is 8. The molecule has 10 heteroatoms. The zero-order valence-electron chi connectivity index (χ0n) is 13.3. The Kier molecular flexibility index (Phi) is 5.42. The Balaban J connectivity index is 2.30. The SMILES string of the molecule is CCOC(=O)[C@H](C)N1C(=O)S/C(=C/c2ccc(O)c([N+](=O)[O-])c2)C1=O. The van der Waals surface area contributed by atoms with E-state index in [2.05, 4.69) is 0 Å². The minimum atomic E-state index is -1.08. The van der Waals surface area contributed by atoms with Crippen LogP contribution in [-0.2, 0) is 14.3 Å². The van der Waals surface area contributed by atoms with E-state index < -0.39 is 39.5 Å². The summed E-state index contributed by atoms with van der Waals surface area (Å²) in [5.74, 6) is -1.90. The van der Waals surface area contributed by atoms with Crippen molar-refractivity contribution in [3.63, 3.8) is 0 Å². The van der Waals surface area contributed by atoms with Crippen molar-refractivity contribution in [2.75, 3.05) is 6.61 Å². The van der Waals surface area contributed by atoms with Gasteiger partial charge < -0.3 is 9.84 Å². The Hall–Kier alpha value is -2.88. The van der Waals surface area contributed by atoms with Crippen LogP contribution in [0.15, 0.2) is 23.1 Å². The Morgan fingerprint density at radius 3 is 2.76 bits per heavy atom. The number of carbonyl (C=O) groups excluding carboxylic acids is 3. The Morgan fingerprint density at radius 1 is 1.48 bits per heavy atom. The van der Waals surface area contributed by atoms with Gasteiger partial charge in [0.15, 0.2) is 5.75 Å². The van der Waals surface area contributed by atoms with Crippen LogP contribution < -0.4 is 0 Å². The van der Waals surface area contributed by atoms with E-state index in [4.69, 9.17) is 4.74 Å². The molecule has 0 aromatic heterocycles. The first-order valence-electron chi connectivity index (χ1n) is 7.17. The number of ether oxygens (including phenoxy) is 1. The quantitative estimate of drug-likeness (QED) is 0.364. The van der Waals surface area contributed by atoms with Gasteiger partial charge in [-0.3, -0.25) is 24.6 Å². The first kappa shape index (κ1) is 18.5. The second-order valence-corrected chi connectivity index (χ2v) is 5.98. The number of imide groups is 1. The van der Waals surface area contributed by atoms with Crippen molar-refractivity contribution in [1.82, 2.24) is 4.90 Å². The Bertz CT molecular complexity index is 790. The maximum absolute atomic E-state index is 12.4. The van der Waals surface area contributed by atoms with E-state index in [-0.39, 0.29) is 17.1 Å². The smallest absolute Gasteiger partial charge is 0.329 e. The molecule has 1 aromatic carbocycles. The maximum Gasteiger partial charge on any atom is 0.329 e. The molecule has 0 spiro atoms. The van der Waals surface area contributed by atoms with Gasteiger partial charge in [-0.25, -0.2) is 4.79 Å². The Morgan fingerprint density at radius 2 is 2.16 bits per heavy atom. The molecule has 1 saturated heterocycles. The predicted molar refractivity (Wildman–Crippen MR) is 88.7 cm³/mol. The van der Waals surface area contributed by atoms with Gasteiger partial charge in [-0.15, -0.1) is 0 Å². The van der Waals surface area contributed by atoms with E-state index in [0.29, 0.717) is 11.8 Å². The molecule has 1 aliphatic heterocycles. The van der Waals surface area contributed by atoms with Crippen molar-refractivity contribution < 1.29 is 29.2 Å². The first-order chi connectivity index (χ1) is 11.8. The summed E-state index contributed by atoms with van der Waals surface area (Å²) >= 11 is 0.617. The summed E-state index contributed by atoms with van der Waals surface area (Å²) in [4.78, 5) is 47.0. The van der Waals surface area contributed by atoms with Crippen LogP contribution in [0.5, 0.6) is 5.75 Å². The van der Waals surface area contributed by atoms with Crippen LogP contribution in [0, 0.1) is 10.1 Å². The van der Waals surface area contributed by atoms with E-state index in [1.165, 1.54) is 19.1 Å². The fourth-order valence-electron chi connectivity index (χ4n) is 2.11. The number of phenolic OH excluding ortho intramolecular Hbond substituents is 1. The van der Waals surface area contributed by atoms with E-state index in [9.17, 15) is 29.6 Å². The number of carbonyl (C=O) groups is 3. The van der Waals surface area contributed by atoms with Crippen LogP contribution in [0.2, 0.25) is 0 Å². The third kappa shape index (κ3) is 3.79. The summed E-state index contributed by atoms with van der Waals surface area (Å²) in [7, 11) is 0. The number of aromatic hydroxyl groups is 1. The number of nitro benzene ring substituents is 1. The second kappa shape index (κ2) is 7.34. The largest absolute Gasteiger partial charge is 0.502 e. The van der Waals surface area contributed by atoms with Crippen LogP contribution in [0.4, 0.5) is 10.5 Å². The van der Waals surface area contributed by atoms with Crippen molar-refractivity contribution in [1.29, 1.82) is 0 Å². The van der Waals surface area contributed by atoms with Gasteiger partial charge in [-0.05, 0) is 43.3 Å². The summed E-state index contributed by atoms with van der Waals surface area (Å²) in [5.41, 5.74) is -0.258. The first-order valence-corrected chi connectivity index (χ1v) is 7.99. The highest BCUT2D eigenvalue weighted by Crippen LogP contribution is 2.35. The molecule has 25 heavy (non-hydrogen) atoms. The summed E-state index contributed by atoms with van der Waals surface area (Å²) in [5, 5.41) is 19.6. The normalized spacial score (nSPS) is 17.0. The fourth-order valence-corrected chi connectivity index (χ4v) is 3.02. The molecule has 1 aliphatic rings. The molecule has 0 radical (unpaired) electrons. The number of nitro groups is 1. The lowest BCUT2D eigenvalue weighted by molar-refractivity contribution is -0.385. The average molecular weight is 366 g/mol. The van der Waals surface area contributed by atoms with Gasteiger partial charge in [0.25, 0.3) is 11.1 Å². The van der Waals surface area contributed by atoms with Gasteiger partial charge in [0, 0.05) is 6.07 Å². The molecule has 0 saturated carbocycles. The van der Waals surface area contributed by atoms with Gasteiger partial charge in [0.05, 0.1) is 16.4 Å². The average Bonchev–Trinajstić information content (AvgIpc) is 2.82. The van der Waals surface area contributed by atoms with Crippen LogP contribution in [-0.4, -0.2) is 44.7 Å². The lowest BCUT2D eigenvalue weighted by Gasteiger charge is -2.19. The zero-order valence-corrected chi connectivity index (χ0v) is 14.1. The number of benzene rings is 1. The number of rotatable bonds is 5. The molecule has 2 rings (SSSR count). The van der Waals surface area contributed by atoms with Crippen LogP contribution >= 0.6 is 11.8 Å². The van der Waals surface area contributed by atoms with E-state index in [1.807, 2.05) is 0 Å². The zero-order chi connectivity index (χ0) is 18.7. The van der Waals surface area contributed by atoms with Gasteiger partial charge in [-0.1, -0.05) is 6.07 Å². The van der Waals surface area contributed by atoms with Crippen LogP contribution in [0.3, 0.4) is 0 Å². The highest BCUT2D eigenvalue weighted by atomic mass is 32.2. The molecule has 1 N–H and O–H groups in total. The third-order valence-electron chi connectivity index (χ3n) is 3.33. The van der Waals surface area contributed by atoms with E-state index in [1.54, 1.807) is 6.92 Å². The summed E-state index contributed by atoms with van der Waals surface area (Å²) < 4.78 is 4.81. The lowest BCUT2D eigenvalue weighted by Crippen LogP contribution is -2.42. The topological polar surface area (TPSA) is 127 Å². The molecular weight excluding hydrogens is 352 g/mol. The Labute approximate surface area is 146 Å². The number of hydrogen-bond donors (Lipinski definition) is 1. The molecule has 1 aromatic rings. The molecule has 1 atom stereocenters. The van der Waals surface area contributed by atoms with Crippen LogP contribution in [0.25, 0.3) is 6.08 Å². The maximum atomic E-state index is 12.4. The van der Waals surface area contributed by atoms with Crippen molar-refractivity contribution in [2.45, 2.75) is 19.9 Å². The predicted octanol–water partition coefficient (Wildman–Crippen LogP) is 2.29. The summed E-state index contributed by atoms with van der Waals surface area (Å²) in [6, 6.07) is 2.49. The molecule has 0 unspecified atom stereocenters. The van der Waals surface area contributed by atoms with Crippen molar-refractivity contribution in [3.8, 4) is 5.75 Å². The van der Waals surface area contributed by atoms with Crippen molar-refractivity contribution >= 4 is 40.6 Å². The minimum absolute atomic E-state index is 0.0149. The molecule has 1 heterocycles. The second-order valence-electron chi connectivity index (χ2n) is 4.98. The molecular formula is C15H14N2O7S.